The molecular weight excluding hydrogens is 214 g/mol. The van der Waals surface area contributed by atoms with E-state index in [4.69, 9.17) is 4.74 Å². The third-order valence-corrected chi connectivity index (χ3v) is 4.21. The van der Waals surface area contributed by atoms with E-state index in [1.54, 1.807) is 0 Å². The number of rotatable bonds is 5. The number of hydrogen-bond acceptors (Lipinski definition) is 2. The Balaban J connectivity index is 1.79. The number of hydrogen-bond donors (Lipinski definition) is 0. The van der Waals surface area contributed by atoms with E-state index in [-0.39, 0.29) is 0 Å². The lowest BCUT2D eigenvalue weighted by molar-refractivity contribution is -0.133. The minimum Gasteiger partial charge on any atom is -0.381 e. The van der Waals surface area contributed by atoms with Crippen LogP contribution in [-0.4, -0.2) is 37.1 Å². The third kappa shape index (κ3) is 3.70. The Labute approximate surface area is 105 Å². The molecule has 2 rings (SSSR count). The number of carbonyl (C=O) groups is 1. The summed E-state index contributed by atoms with van der Waals surface area (Å²) < 4.78 is 5.33. The molecule has 1 aliphatic carbocycles. The maximum Gasteiger partial charge on any atom is 0.222 e. The van der Waals surface area contributed by atoms with Crippen LogP contribution in [0.25, 0.3) is 0 Å². The van der Waals surface area contributed by atoms with Crippen molar-refractivity contribution in [1.29, 1.82) is 0 Å². The SMILES string of the molecule is CCN(CC1(C)CC1)C(=O)CC1CCOCC1. The first kappa shape index (κ1) is 12.9. The number of ether oxygens (including phenoxy) is 1. The van der Waals surface area contributed by atoms with Crippen molar-refractivity contribution in [2.75, 3.05) is 26.3 Å². The fourth-order valence-corrected chi connectivity index (χ4v) is 2.54. The lowest BCUT2D eigenvalue weighted by Gasteiger charge is -2.28. The summed E-state index contributed by atoms with van der Waals surface area (Å²) in [6, 6.07) is 0. The van der Waals surface area contributed by atoms with Gasteiger partial charge in [0.15, 0.2) is 0 Å². The highest BCUT2D eigenvalue weighted by atomic mass is 16.5. The van der Waals surface area contributed by atoms with Crippen molar-refractivity contribution < 1.29 is 9.53 Å². The van der Waals surface area contributed by atoms with Crippen LogP contribution < -0.4 is 0 Å². The maximum atomic E-state index is 12.2. The van der Waals surface area contributed by atoms with Gasteiger partial charge < -0.3 is 9.64 Å². The van der Waals surface area contributed by atoms with Crippen LogP contribution in [0.1, 0.15) is 46.0 Å². The van der Waals surface area contributed by atoms with Crippen LogP contribution in [0.4, 0.5) is 0 Å². The van der Waals surface area contributed by atoms with E-state index in [9.17, 15) is 4.79 Å². The quantitative estimate of drug-likeness (QED) is 0.737. The zero-order chi connectivity index (χ0) is 12.3. The normalized spacial score (nSPS) is 23.4. The Morgan fingerprint density at radius 2 is 2.00 bits per heavy atom. The molecule has 3 nitrogen and oxygen atoms in total. The topological polar surface area (TPSA) is 29.5 Å². The standard InChI is InChI=1S/C14H25NO2/c1-3-15(11-14(2)6-7-14)13(16)10-12-4-8-17-9-5-12/h12H,3-11H2,1-2H3. The molecule has 1 aliphatic heterocycles. The van der Waals surface area contributed by atoms with Gasteiger partial charge in [0.2, 0.25) is 5.91 Å². The Bertz CT molecular complexity index is 267. The van der Waals surface area contributed by atoms with Crippen molar-refractivity contribution in [1.82, 2.24) is 4.90 Å². The molecule has 0 aromatic rings. The van der Waals surface area contributed by atoms with Gasteiger partial charge in [-0.25, -0.2) is 0 Å². The summed E-state index contributed by atoms with van der Waals surface area (Å²) in [6.07, 6.45) is 5.41. The zero-order valence-electron chi connectivity index (χ0n) is 11.2. The smallest absolute Gasteiger partial charge is 0.222 e. The Morgan fingerprint density at radius 3 is 2.53 bits per heavy atom. The molecule has 98 valence electrons. The summed E-state index contributed by atoms with van der Waals surface area (Å²) in [5, 5.41) is 0. The molecule has 0 atom stereocenters. The molecule has 0 bridgehead atoms. The van der Waals surface area contributed by atoms with Crippen LogP contribution in [-0.2, 0) is 9.53 Å². The van der Waals surface area contributed by atoms with Crippen molar-refractivity contribution in [3.8, 4) is 0 Å². The number of amides is 1. The molecule has 0 radical (unpaired) electrons. The van der Waals surface area contributed by atoms with Crippen LogP contribution >= 0.6 is 0 Å². The summed E-state index contributed by atoms with van der Waals surface area (Å²) in [4.78, 5) is 14.3. The number of nitrogens with zero attached hydrogens (tertiary/aromatic N) is 1. The highest BCUT2D eigenvalue weighted by Crippen LogP contribution is 2.45. The van der Waals surface area contributed by atoms with Crippen LogP contribution in [0, 0.1) is 11.3 Å². The van der Waals surface area contributed by atoms with Crippen molar-refractivity contribution in [3.63, 3.8) is 0 Å². The van der Waals surface area contributed by atoms with Crippen LogP contribution in [0.5, 0.6) is 0 Å². The van der Waals surface area contributed by atoms with E-state index in [0.29, 0.717) is 17.2 Å². The summed E-state index contributed by atoms with van der Waals surface area (Å²) >= 11 is 0. The molecule has 1 amide bonds. The molecule has 2 aliphatic rings. The summed E-state index contributed by atoms with van der Waals surface area (Å²) in [5.74, 6) is 0.907. The molecule has 0 aromatic carbocycles. The van der Waals surface area contributed by atoms with Crippen molar-refractivity contribution >= 4 is 5.91 Å². The van der Waals surface area contributed by atoms with Gasteiger partial charge in [0.05, 0.1) is 0 Å². The summed E-state index contributed by atoms with van der Waals surface area (Å²) in [7, 11) is 0. The van der Waals surface area contributed by atoms with Gasteiger partial charge in [-0.2, -0.15) is 0 Å². The van der Waals surface area contributed by atoms with E-state index in [2.05, 4.69) is 18.7 Å². The van der Waals surface area contributed by atoms with E-state index in [1.807, 2.05) is 0 Å². The van der Waals surface area contributed by atoms with Crippen molar-refractivity contribution in [2.45, 2.75) is 46.0 Å². The predicted octanol–water partition coefficient (Wildman–Crippen LogP) is 2.45. The lowest BCUT2D eigenvalue weighted by atomic mass is 9.95. The van der Waals surface area contributed by atoms with E-state index in [1.165, 1.54) is 12.8 Å². The molecule has 2 fully saturated rings. The Kier molecular flexibility index (Phi) is 4.08. The highest BCUT2D eigenvalue weighted by Gasteiger charge is 2.39. The molecule has 1 saturated heterocycles. The van der Waals surface area contributed by atoms with Crippen LogP contribution in [0.3, 0.4) is 0 Å². The maximum absolute atomic E-state index is 12.2. The van der Waals surface area contributed by atoms with Gasteiger partial charge >= 0.3 is 0 Å². The van der Waals surface area contributed by atoms with E-state index < -0.39 is 0 Å². The Hall–Kier alpha value is -0.570. The molecule has 0 unspecified atom stereocenters. The van der Waals surface area contributed by atoms with Crippen LogP contribution in [0.2, 0.25) is 0 Å². The molecule has 1 saturated carbocycles. The second-order valence-electron chi connectivity index (χ2n) is 5.98. The van der Waals surface area contributed by atoms with E-state index in [0.717, 1.165) is 45.6 Å². The highest BCUT2D eigenvalue weighted by molar-refractivity contribution is 5.76. The predicted molar refractivity (Wildman–Crippen MR) is 67.8 cm³/mol. The molecule has 0 N–H and O–H groups in total. The monoisotopic (exact) mass is 239 g/mol. The van der Waals surface area contributed by atoms with Gasteiger partial charge in [-0.1, -0.05) is 6.92 Å². The van der Waals surface area contributed by atoms with Crippen LogP contribution in [0.15, 0.2) is 0 Å². The van der Waals surface area contributed by atoms with Gasteiger partial charge in [0, 0.05) is 32.7 Å². The largest absolute Gasteiger partial charge is 0.381 e. The first-order valence-electron chi connectivity index (χ1n) is 6.98. The third-order valence-electron chi connectivity index (χ3n) is 4.21. The minimum absolute atomic E-state index is 0.354. The average Bonchev–Trinajstić information content (AvgIpc) is 3.06. The molecule has 0 aromatic heterocycles. The fourth-order valence-electron chi connectivity index (χ4n) is 2.54. The van der Waals surface area contributed by atoms with Gasteiger partial charge in [-0.05, 0) is 43.9 Å². The first-order valence-corrected chi connectivity index (χ1v) is 6.98. The fraction of sp³-hybridized carbons (Fsp3) is 0.929. The second-order valence-corrected chi connectivity index (χ2v) is 5.98. The molecular formula is C14H25NO2. The van der Waals surface area contributed by atoms with Gasteiger partial charge in [-0.15, -0.1) is 0 Å². The lowest BCUT2D eigenvalue weighted by Crippen LogP contribution is -2.36. The van der Waals surface area contributed by atoms with Crippen molar-refractivity contribution in [2.24, 2.45) is 11.3 Å². The second kappa shape index (κ2) is 5.38. The molecule has 3 heteroatoms. The van der Waals surface area contributed by atoms with Gasteiger partial charge in [-0.3, -0.25) is 4.79 Å². The summed E-state index contributed by atoms with van der Waals surface area (Å²) in [5.41, 5.74) is 0.432. The Morgan fingerprint density at radius 1 is 1.35 bits per heavy atom. The minimum atomic E-state index is 0.354. The first-order chi connectivity index (χ1) is 8.13. The van der Waals surface area contributed by atoms with Crippen molar-refractivity contribution in [3.05, 3.63) is 0 Å². The number of carbonyl (C=O) groups excluding carboxylic acids is 1. The molecule has 0 spiro atoms. The molecule has 1 heterocycles. The van der Waals surface area contributed by atoms with E-state index >= 15 is 0 Å². The summed E-state index contributed by atoms with van der Waals surface area (Å²) in [6.45, 7) is 7.87. The molecule has 17 heavy (non-hydrogen) atoms. The van der Waals surface area contributed by atoms with Gasteiger partial charge in [0.25, 0.3) is 0 Å². The zero-order valence-corrected chi connectivity index (χ0v) is 11.2. The van der Waals surface area contributed by atoms with Gasteiger partial charge in [0.1, 0.15) is 0 Å². The average molecular weight is 239 g/mol.